The highest BCUT2D eigenvalue weighted by molar-refractivity contribution is 5.80. The van der Waals surface area contributed by atoms with Gasteiger partial charge in [-0.2, -0.15) is 0 Å². The van der Waals surface area contributed by atoms with Crippen molar-refractivity contribution in [3.8, 4) is 0 Å². The van der Waals surface area contributed by atoms with E-state index in [1.807, 2.05) is 0 Å². The normalized spacial score (nSPS) is 21.9. The number of nitrogens with one attached hydrogen (secondary N) is 1. The van der Waals surface area contributed by atoms with Gasteiger partial charge >= 0.3 is 0 Å². The van der Waals surface area contributed by atoms with E-state index in [1.165, 1.54) is 0 Å². The smallest absolute Gasteiger partial charge is 0.251 e. The van der Waals surface area contributed by atoms with Gasteiger partial charge in [0.1, 0.15) is 0 Å². The van der Waals surface area contributed by atoms with E-state index in [-0.39, 0.29) is 5.91 Å². The van der Waals surface area contributed by atoms with Gasteiger partial charge in [-0.05, 0) is 6.42 Å². The summed E-state index contributed by atoms with van der Waals surface area (Å²) in [4.78, 5) is 11.4. The van der Waals surface area contributed by atoms with E-state index >= 15 is 0 Å². The molecule has 1 aliphatic rings. The zero-order chi connectivity index (χ0) is 10.2. The van der Waals surface area contributed by atoms with Gasteiger partial charge in [0, 0.05) is 20.3 Å². The van der Waals surface area contributed by atoms with Crippen LogP contribution in [0.25, 0.3) is 0 Å². The molecular weight excluding hydrogens is 186 g/mol. The Bertz CT molecular complexity index is 168. The van der Waals surface area contributed by atoms with Crippen LogP contribution in [0, 0.1) is 0 Å². The fraction of sp³-hybridized carbons (Fsp3) is 0.889. The lowest BCUT2D eigenvalue weighted by molar-refractivity contribution is -0.147. The Hall–Kier alpha value is -0.650. The SMILES string of the molecule is COCCCNC(=O)C1COCCO1. The zero-order valence-electron chi connectivity index (χ0n) is 8.45. The van der Waals surface area contributed by atoms with E-state index in [4.69, 9.17) is 14.2 Å². The van der Waals surface area contributed by atoms with Crippen molar-refractivity contribution in [2.45, 2.75) is 12.5 Å². The number of carbonyl (C=O) groups excluding carboxylic acids is 1. The fourth-order valence-corrected chi connectivity index (χ4v) is 1.18. The molecule has 1 heterocycles. The molecule has 5 nitrogen and oxygen atoms in total. The van der Waals surface area contributed by atoms with Crippen LogP contribution in [0.5, 0.6) is 0 Å². The molecule has 1 atom stereocenters. The van der Waals surface area contributed by atoms with Crippen LogP contribution in [0.1, 0.15) is 6.42 Å². The summed E-state index contributed by atoms with van der Waals surface area (Å²) in [7, 11) is 1.64. The van der Waals surface area contributed by atoms with Crippen molar-refractivity contribution in [2.75, 3.05) is 40.1 Å². The summed E-state index contributed by atoms with van der Waals surface area (Å²) >= 11 is 0. The Morgan fingerprint density at radius 2 is 2.43 bits per heavy atom. The Balaban J connectivity index is 2.07. The minimum Gasteiger partial charge on any atom is -0.385 e. The second-order valence-electron chi connectivity index (χ2n) is 3.07. The third-order valence-corrected chi connectivity index (χ3v) is 1.93. The first-order valence-electron chi connectivity index (χ1n) is 4.80. The van der Waals surface area contributed by atoms with E-state index in [2.05, 4.69) is 5.32 Å². The molecular formula is C9H17NO4. The molecule has 0 aromatic carbocycles. The predicted octanol–water partition coefficient (Wildman–Crippen LogP) is -0.445. The summed E-state index contributed by atoms with van der Waals surface area (Å²) in [5.74, 6) is -0.0965. The van der Waals surface area contributed by atoms with Gasteiger partial charge in [0.25, 0.3) is 5.91 Å². The lowest BCUT2D eigenvalue weighted by Crippen LogP contribution is -2.43. The number of hydrogen-bond donors (Lipinski definition) is 1. The van der Waals surface area contributed by atoms with E-state index in [9.17, 15) is 4.79 Å². The molecule has 1 saturated heterocycles. The molecule has 82 valence electrons. The summed E-state index contributed by atoms with van der Waals surface area (Å²) in [5, 5.41) is 2.76. The molecule has 5 heteroatoms. The third kappa shape index (κ3) is 4.04. The van der Waals surface area contributed by atoms with Crippen LogP contribution in [0.4, 0.5) is 0 Å². The quantitative estimate of drug-likeness (QED) is 0.615. The fourth-order valence-electron chi connectivity index (χ4n) is 1.18. The number of amides is 1. The number of rotatable bonds is 5. The molecule has 0 bridgehead atoms. The topological polar surface area (TPSA) is 56.8 Å². The monoisotopic (exact) mass is 203 g/mol. The molecule has 0 saturated carbocycles. The molecule has 1 aliphatic heterocycles. The molecule has 0 aliphatic carbocycles. The molecule has 1 amide bonds. The average molecular weight is 203 g/mol. The maximum absolute atomic E-state index is 11.4. The predicted molar refractivity (Wildman–Crippen MR) is 50.1 cm³/mol. The summed E-state index contributed by atoms with van der Waals surface area (Å²) in [5.41, 5.74) is 0. The molecule has 0 aromatic rings. The minimum absolute atomic E-state index is 0.0965. The summed E-state index contributed by atoms with van der Waals surface area (Å²) in [6, 6.07) is 0. The second-order valence-corrected chi connectivity index (χ2v) is 3.07. The van der Waals surface area contributed by atoms with E-state index in [1.54, 1.807) is 7.11 Å². The van der Waals surface area contributed by atoms with Crippen LogP contribution in [0.2, 0.25) is 0 Å². The van der Waals surface area contributed by atoms with Crippen molar-refractivity contribution < 1.29 is 19.0 Å². The maximum atomic E-state index is 11.4. The van der Waals surface area contributed by atoms with E-state index < -0.39 is 6.10 Å². The molecule has 1 fully saturated rings. The highest BCUT2D eigenvalue weighted by Crippen LogP contribution is 2.00. The molecule has 0 aromatic heterocycles. The molecule has 1 rings (SSSR count). The summed E-state index contributed by atoms with van der Waals surface area (Å²) < 4.78 is 15.2. The first kappa shape index (κ1) is 11.4. The van der Waals surface area contributed by atoms with Gasteiger partial charge in [0.15, 0.2) is 6.10 Å². The van der Waals surface area contributed by atoms with Crippen molar-refractivity contribution in [1.82, 2.24) is 5.32 Å². The lowest BCUT2D eigenvalue weighted by atomic mass is 10.3. The Morgan fingerprint density at radius 1 is 1.57 bits per heavy atom. The minimum atomic E-state index is -0.439. The summed E-state index contributed by atoms with van der Waals surface area (Å²) in [6.45, 7) is 2.70. The highest BCUT2D eigenvalue weighted by Gasteiger charge is 2.21. The van der Waals surface area contributed by atoms with Crippen molar-refractivity contribution in [3.05, 3.63) is 0 Å². The van der Waals surface area contributed by atoms with Crippen LogP contribution < -0.4 is 5.32 Å². The molecule has 0 radical (unpaired) electrons. The molecule has 14 heavy (non-hydrogen) atoms. The second kappa shape index (κ2) is 6.75. The zero-order valence-corrected chi connectivity index (χ0v) is 8.45. The van der Waals surface area contributed by atoms with Crippen molar-refractivity contribution in [2.24, 2.45) is 0 Å². The van der Waals surface area contributed by atoms with Gasteiger partial charge in [0.2, 0.25) is 0 Å². The van der Waals surface area contributed by atoms with Crippen molar-refractivity contribution in [1.29, 1.82) is 0 Å². The number of ether oxygens (including phenoxy) is 3. The van der Waals surface area contributed by atoms with Gasteiger partial charge in [0.05, 0.1) is 19.8 Å². The Morgan fingerprint density at radius 3 is 3.07 bits per heavy atom. The standard InChI is InChI=1S/C9H17NO4/c1-12-4-2-3-10-9(11)8-7-13-5-6-14-8/h8H,2-7H2,1H3,(H,10,11). The van der Waals surface area contributed by atoms with Crippen molar-refractivity contribution in [3.63, 3.8) is 0 Å². The molecule has 1 N–H and O–H groups in total. The van der Waals surface area contributed by atoms with Crippen LogP contribution in [0.15, 0.2) is 0 Å². The Kier molecular flexibility index (Phi) is 5.51. The third-order valence-electron chi connectivity index (χ3n) is 1.93. The molecule has 1 unspecified atom stereocenters. The first-order valence-corrected chi connectivity index (χ1v) is 4.80. The van der Waals surface area contributed by atoms with E-state index in [0.717, 1.165) is 6.42 Å². The van der Waals surface area contributed by atoms with Crippen LogP contribution in [-0.2, 0) is 19.0 Å². The largest absolute Gasteiger partial charge is 0.385 e. The van der Waals surface area contributed by atoms with Crippen molar-refractivity contribution >= 4 is 5.91 Å². The van der Waals surface area contributed by atoms with Crippen LogP contribution in [-0.4, -0.2) is 52.1 Å². The average Bonchev–Trinajstić information content (AvgIpc) is 2.25. The molecule has 0 spiro atoms. The van der Waals surface area contributed by atoms with Gasteiger partial charge < -0.3 is 19.5 Å². The van der Waals surface area contributed by atoms with Gasteiger partial charge in [-0.15, -0.1) is 0 Å². The van der Waals surface area contributed by atoms with Crippen LogP contribution >= 0.6 is 0 Å². The number of hydrogen-bond acceptors (Lipinski definition) is 4. The first-order chi connectivity index (χ1) is 6.84. The lowest BCUT2D eigenvalue weighted by Gasteiger charge is -2.21. The number of carbonyl (C=O) groups is 1. The Labute approximate surface area is 83.7 Å². The van der Waals surface area contributed by atoms with Gasteiger partial charge in [-0.25, -0.2) is 0 Å². The van der Waals surface area contributed by atoms with E-state index in [0.29, 0.717) is 33.0 Å². The van der Waals surface area contributed by atoms with Gasteiger partial charge in [-0.3, -0.25) is 4.79 Å². The van der Waals surface area contributed by atoms with Gasteiger partial charge in [-0.1, -0.05) is 0 Å². The number of methoxy groups -OCH3 is 1. The summed E-state index contributed by atoms with van der Waals surface area (Å²) in [6.07, 6.45) is 0.377. The highest BCUT2D eigenvalue weighted by atomic mass is 16.6. The maximum Gasteiger partial charge on any atom is 0.251 e. The van der Waals surface area contributed by atoms with Crippen LogP contribution in [0.3, 0.4) is 0 Å².